The van der Waals surface area contributed by atoms with Crippen molar-refractivity contribution in [3.8, 4) is 0 Å². The molecular formula is C15H19F4NO. The topological polar surface area (TPSA) is 32.3 Å². The van der Waals surface area contributed by atoms with Crippen molar-refractivity contribution in [2.24, 2.45) is 5.92 Å². The predicted molar refractivity (Wildman–Crippen MR) is 71.1 cm³/mol. The van der Waals surface area contributed by atoms with Crippen LogP contribution in [0.15, 0.2) is 18.2 Å². The maximum Gasteiger partial charge on any atom is 0.419 e. The minimum absolute atomic E-state index is 0.260. The molecular weight excluding hydrogens is 286 g/mol. The second kappa shape index (κ2) is 6.75. The van der Waals surface area contributed by atoms with Crippen molar-refractivity contribution in [2.75, 3.05) is 6.54 Å². The molecule has 0 aliphatic heterocycles. The Morgan fingerprint density at radius 3 is 2.67 bits per heavy atom. The normalized spacial score (nSPS) is 23.3. The standard InChI is InChI=1S/C15H19F4NO/c16-14-5-4-11(7-13(14)15(17,18)19)9-20-8-10-2-1-3-12(21)6-10/h4-5,7,10,12,20-21H,1-3,6,8-9H2. The number of rotatable bonds is 4. The van der Waals surface area contributed by atoms with Crippen molar-refractivity contribution in [3.05, 3.63) is 35.1 Å². The smallest absolute Gasteiger partial charge is 0.393 e. The largest absolute Gasteiger partial charge is 0.419 e. The van der Waals surface area contributed by atoms with Crippen molar-refractivity contribution in [3.63, 3.8) is 0 Å². The van der Waals surface area contributed by atoms with E-state index in [-0.39, 0.29) is 12.6 Å². The Bertz CT molecular complexity index is 475. The number of halogens is 4. The number of nitrogens with one attached hydrogen (secondary N) is 1. The summed E-state index contributed by atoms with van der Waals surface area (Å²) in [6.07, 6.45) is -1.40. The van der Waals surface area contributed by atoms with E-state index in [9.17, 15) is 22.7 Å². The molecule has 0 radical (unpaired) electrons. The molecule has 1 aromatic carbocycles. The van der Waals surface area contributed by atoms with Gasteiger partial charge in [-0.15, -0.1) is 0 Å². The van der Waals surface area contributed by atoms with Crippen LogP contribution in [0.2, 0.25) is 0 Å². The maximum atomic E-state index is 13.2. The second-order valence-electron chi connectivity index (χ2n) is 5.63. The summed E-state index contributed by atoms with van der Waals surface area (Å²) in [6, 6.07) is 3.05. The first-order chi connectivity index (χ1) is 9.86. The van der Waals surface area contributed by atoms with Gasteiger partial charge in [0.2, 0.25) is 0 Å². The molecule has 0 spiro atoms. The molecule has 118 valence electrons. The van der Waals surface area contributed by atoms with Crippen LogP contribution in [0.1, 0.15) is 36.8 Å². The molecule has 1 aromatic rings. The van der Waals surface area contributed by atoms with Crippen molar-refractivity contribution in [2.45, 2.75) is 44.5 Å². The van der Waals surface area contributed by atoms with E-state index in [1.165, 1.54) is 6.07 Å². The summed E-state index contributed by atoms with van der Waals surface area (Å²) in [5.74, 6) is -0.905. The predicted octanol–water partition coefficient (Wildman–Crippen LogP) is 3.49. The molecule has 2 rings (SSSR count). The summed E-state index contributed by atoms with van der Waals surface area (Å²) >= 11 is 0. The lowest BCUT2D eigenvalue weighted by molar-refractivity contribution is -0.140. The number of alkyl halides is 3. The van der Waals surface area contributed by atoms with Crippen molar-refractivity contribution < 1.29 is 22.7 Å². The molecule has 0 saturated heterocycles. The highest BCUT2D eigenvalue weighted by molar-refractivity contribution is 5.27. The zero-order valence-corrected chi connectivity index (χ0v) is 11.6. The van der Waals surface area contributed by atoms with Gasteiger partial charge in [-0.3, -0.25) is 0 Å². The highest BCUT2D eigenvalue weighted by Crippen LogP contribution is 2.32. The first-order valence-electron chi connectivity index (χ1n) is 7.10. The monoisotopic (exact) mass is 305 g/mol. The first kappa shape index (κ1) is 16.2. The molecule has 1 aliphatic carbocycles. The van der Waals surface area contributed by atoms with Crippen LogP contribution < -0.4 is 5.32 Å². The van der Waals surface area contributed by atoms with E-state index in [0.29, 0.717) is 18.0 Å². The van der Waals surface area contributed by atoms with Crippen LogP contribution in [-0.4, -0.2) is 17.8 Å². The Morgan fingerprint density at radius 2 is 2.00 bits per heavy atom. The third-order valence-electron chi connectivity index (χ3n) is 3.85. The lowest BCUT2D eigenvalue weighted by atomic mass is 9.87. The van der Waals surface area contributed by atoms with Gasteiger partial charge < -0.3 is 10.4 Å². The molecule has 2 nitrogen and oxygen atoms in total. The Morgan fingerprint density at radius 1 is 1.24 bits per heavy atom. The van der Waals surface area contributed by atoms with Gasteiger partial charge in [-0.2, -0.15) is 13.2 Å². The van der Waals surface area contributed by atoms with E-state index in [2.05, 4.69) is 5.32 Å². The molecule has 21 heavy (non-hydrogen) atoms. The van der Waals surface area contributed by atoms with Crippen LogP contribution in [-0.2, 0) is 12.7 Å². The SMILES string of the molecule is OC1CCCC(CNCc2ccc(F)c(C(F)(F)F)c2)C1. The molecule has 2 atom stereocenters. The van der Waals surface area contributed by atoms with Gasteiger partial charge in [-0.25, -0.2) is 4.39 Å². The highest BCUT2D eigenvalue weighted by atomic mass is 19.4. The van der Waals surface area contributed by atoms with Crippen molar-refractivity contribution >= 4 is 0 Å². The molecule has 1 fully saturated rings. The van der Waals surface area contributed by atoms with Gasteiger partial charge in [0.25, 0.3) is 0 Å². The first-order valence-corrected chi connectivity index (χ1v) is 7.10. The number of hydrogen-bond acceptors (Lipinski definition) is 2. The molecule has 6 heteroatoms. The van der Waals surface area contributed by atoms with E-state index in [0.717, 1.165) is 37.8 Å². The van der Waals surface area contributed by atoms with Crippen molar-refractivity contribution in [1.29, 1.82) is 0 Å². The van der Waals surface area contributed by atoms with Crippen LogP contribution in [0, 0.1) is 11.7 Å². The van der Waals surface area contributed by atoms with E-state index < -0.39 is 17.6 Å². The number of benzene rings is 1. The summed E-state index contributed by atoms with van der Waals surface area (Å²) < 4.78 is 50.9. The lowest BCUT2D eigenvalue weighted by Gasteiger charge is -2.26. The van der Waals surface area contributed by atoms with Gasteiger partial charge in [0.05, 0.1) is 11.7 Å². The number of hydrogen-bond donors (Lipinski definition) is 2. The second-order valence-corrected chi connectivity index (χ2v) is 5.63. The fraction of sp³-hybridized carbons (Fsp3) is 0.600. The van der Waals surface area contributed by atoms with Crippen LogP contribution in [0.4, 0.5) is 17.6 Å². The Hall–Kier alpha value is -1.14. The Labute approximate surface area is 121 Å². The molecule has 1 saturated carbocycles. The maximum absolute atomic E-state index is 13.2. The Kier molecular flexibility index (Phi) is 5.22. The van der Waals surface area contributed by atoms with Crippen molar-refractivity contribution in [1.82, 2.24) is 5.32 Å². The van der Waals surface area contributed by atoms with Gasteiger partial charge in [0, 0.05) is 6.54 Å². The number of aliphatic hydroxyl groups is 1. The van der Waals surface area contributed by atoms with Crippen LogP contribution in [0.5, 0.6) is 0 Å². The zero-order chi connectivity index (χ0) is 15.5. The summed E-state index contributed by atoms with van der Waals surface area (Å²) in [6.45, 7) is 0.908. The molecule has 1 aliphatic rings. The lowest BCUT2D eigenvalue weighted by Crippen LogP contribution is -2.29. The average molecular weight is 305 g/mol. The highest BCUT2D eigenvalue weighted by Gasteiger charge is 2.34. The fourth-order valence-electron chi connectivity index (χ4n) is 2.77. The number of aliphatic hydroxyl groups excluding tert-OH is 1. The molecule has 2 unspecified atom stereocenters. The summed E-state index contributed by atoms with van der Waals surface area (Å²) in [7, 11) is 0. The van der Waals surface area contributed by atoms with E-state index in [4.69, 9.17) is 0 Å². The third kappa shape index (κ3) is 4.68. The Balaban J connectivity index is 1.89. The summed E-state index contributed by atoms with van der Waals surface area (Å²) in [4.78, 5) is 0. The van der Waals surface area contributed by atoms with Gasteiger partial charge >= 0.3 is 6.18 Å². The molecule has 0 bridgehead atoms. The van der Waals surface area contributed by atoms with E-state index >= 15 is 0 Å². The van der Waals surface area contributed by atoms with Crippen LogP contribution >= 0.6 is 0 Å². The van der Waals surface area contributed by atoms with E-state index in [1.807, 2.05) is 0 Å². The summed E-state index contributed by atoms with van der Waals surface area (Å²) in [5, 5.41) is 12.6. The van der Waals surface area contributed by atoms with Gasteiger partial charge in [0.15, 0.2) is 0 Å². The quantitative estimate of drug-likeness (QED) is 0.835. The van der Waals surface area contributed by atoms with E-state index in [1.54, 1.807) is 0 Å². The van der Waals surface area contributed by atoms with Crippen LogP contribution in [0.3, 0.4) is 0 Å². The summed E-state index contributed by atoms with van der Waals surface area (Å²) in [5.41, 5.74) is -0.824. The third-order valence-corrected chi connectivity index (χ3v) is 3.85. The molecule has 0 heterocycles. The fourth-order valence-corrected chi connectivity index (χ4v) is 2.77. The van der Waals surface area contributed by atoms with Gasteiger partial charge in [-0.1, -0.05) is 12.5 Å². The van der Waals surface area contributed by atoms with Gasteiger partial charge in [-0.05, 0) is 49.4 Å². The molecule has 0 aromatic heterocycles. The minimum Gasteiger partial charge on any atom is -0.393 e. The minimum atomic E-state index is -4.67. The molecule has 2 N–H and O–H groups in total. The zero-order valence-electron chi connectivity index (χ0n) is 11.6. The molecule has 0 amide bonds. The van der Waals surface area contributed by atoms with Crippen LogP contribution in [0.25, 0.3) is 0 Å². The average Bonchev–Trinajstić information content (AvgIpc) is 2.39. The van der Waals surface area contributed by atoms with Gasteiger partial charge in [0.1, 0.15) is 5.82 Å².